The second kappa shape index (κ2) is 4.14. The van der Waals surface area contributed by atoms with Gasteiger partial charge in [-0.25, -0.2) is 8.42 Å². The molecule has 1 aromatic rings. The molecule has 0 unspecified atom stereocenters. The summed E-state index contributed by atoms with van der Waals surface area (Å²) < 4.78 is 31.9. The smallest absolute Gasteiger partial charge is 0.125 e. The molecular weight excluding hydrogens is 228 g/mol. The number of aryl methyl sites for hydroxylation is 1. The van der Waals surface area contributed by atoms with E-state index in [1.54, 1.807) is 6.92 Å². The Morgan fingerprint density at radius 2 is 1.93 bits per heavy atom. The lowest BCUT2D eigenvalue weighted by Gasteiger charge is -2.11. The van der Waals surface area contributed by atoms with Crippen LogP contribution in [0.5, 0.6) is 0 Å². The summed E-state index contributed by atoms with van der Waals surface area (Å²) in [4.78, 5) is -0.475. The van der Waals surface area contributed by atoms with Crippen LogP contribution >= 0.6 is 11.6 Å². The molecule has 14 heavy (non-hydrogen) atoms. The fourth-order valence-corrected chi connectivity index (χ4v) is 1.92. The van der Waals surface area contributed by atoms with Crippen LogP contribution in [-0.4, -0.2) is 13.0 Å². The Balaban J connectivity index is 0.00000169. The standard InChI is InChI=1S/C7H8ClNO3S.H3N/c1-4-2-3-5(13(10,11)12)6(8)7(4)9;/h2-3H,9H2,1H3,(H,10,11,12);1H3. The Bertz CT molecular complexity index is 444. The number of hydrogen-bond donors (Lipinski definition) is 2. The van der Waals surface area contributed by atoms with Crippen LogP contribution in [0.4, 0.5) is 5.69 Å². The van der Waals surface area contributed by atoms with Crippen LogP contribution < -0.4 is 11.9 Å². The van der Waals surface area contributed by atoms with Crippen molar-refractivity contribution in [3.05, 3.63) is 22.7 Å². The monoisotopic (exact) mass is 238 g/mol. The molecule has 0 radical (unpaired) electrons. The number of rotatable bonds is 1. The van der Waals surface area contributed by atoms with E-state index in [1.165, 1.54) is 6.07 Å². The van der Waals surface area contributed by atoms with E-state index >= 15 is 0 Å². The van der Waals surface area contributed by atoms with Gasteiger partial charge in [-0.3, -0.25) is 0 Å². The maximum atomic E-state index is 10.6. The summed E-state index contributed by atoms with van der Waals surface area (Å²) in [5, 5.41) is -0.199. The highest BCUT2D eigenvalue weighted by atomic mass is 35.5. The van der Waals surface area contributed by atoms with Crippen molar-refractivity contribution >= 4 is 27.4 Å². The van der Waals surface area contributed by atoms with Gasteiger partial charge in [0.15, 0.2) is 0 Å². The molecule has 80 valence electrons. The first kappa shape index (κ1) is 13.2. The van der Waals surface area contributed by atoms with Crippen LogP contribution in [0.1, 0.15) is 5.56 Å². The highest BCUT2D eigenvalue weighted by Gasteiger charge is 2.11. The molecule has 0 aliphatic rings. The first-order valence-corrected chi connectivity index (χ1v) is 5.13. The average molecular weight is 239 g/mol. The fraction of sp³-hybridized carbons (Fsp3) is 0.143. The quantitative estimate of drug-likeness (QED) is 0.569. The molecule has 0 aromatic heterocycles. The normalized spacial score (nSPS) is 10.8. The maximum Gasteiger partial charge on any atom is 0.125 e. The maximum absolute atomic E-state index is 10.6. The SMILES string of the molecule is Cc1ccc(S(=O)(=O)[O-])c(Cl)c1N.[NH4+]. The Labute approximate surface area is 87.2 Å². The van der Waals surface area contributed by atoms with Gasteiger partial charge >= 0.3 is 0 Å². The van der Waals surface area contributed by atoms with Crippen molar-refractivity contribution in [2.75, 3.05) is 5.73 Å². The Morgan fingerprint density at radius 1 is 1.43 bits per heavy atom. The van der Waals surface area contributed by atoms with Gasteiger partial charge in [0.05, 0.1) is 15.6 Å². The van der Waals surface area contributed by atoms with Crippen LogP contribution in [0.3, 0.4) is 0 Å². The largest absolute Gasteiger partial charge is 0.744 e. The number of quaternary nitrogens is 1. The third-order valence-corrected chi connectivity index (χ3v) is 3.03. The third kappa shape index (κ3) is 2.36. The third-order valence-electron chi connectivity index (χ3n) is 1.63. The lowest BCUT2D eigenvalue weighted by atomic mass is 10.2. The summed E-state index contributed by atoms with van der Waals surface area (Å²) in [6.45, 7) is 1.67. The molecular formula is C7H11ClN2O3S. The van der Waals surface area contributed by atoms with Gasteiger partial charge in [-0.05, 0) is 18.6 Å². The van der Waals surface area contributed by atoms with Gasteiger partial charge in [0, 0.05) is 0 Å². The zero-order valence-corrected chi connectivity index (χ0v) is 9.32. The molecule has 0 fully saturated rings. The van der Waals surface area contributed by atoms with E-state index in [4.69, 9.17) is 17.3 Å². The summed E-state index contributed by atoms with van der Waals surface area (Å²) in [7, 11) is -4.53. The Kier molecular flexibility index (Phi) is 3.90. The van der Waals surface area contributed by atoms with E-state index in [0.29, 0.717) is 5.56 Å². The highest BCUT2D eigenvalue weighted by molar-refractivity contribution is 7.85. The number of benzene rings is 1. The minimum absolute atomic E-state index is 0. The predicted octanol–water partition coefficient (Wildman–Crippen LogP) is 1.51. The van der Waals surface area contributed by atoms with Gasteiger partial charge < -0.3 is 16.4 Å². The van der Waals surface area contributed by atoms with Crippen LogP contribution in [0.2, 0.25) is 5.02 Å². The molecule has 0 atom stereocenters. The molecule has 1 aromatic carbocycles. The average Bonchev–Trinajstić information content (AvgIpc) is 1.98. The molecule has 0 aliphatic heterocycles. The van der Waals surface area contributed by atoms with Gasteiger partial charge in [0.2, 0.25) is 0 Å². The van der Waals surface area contributed by atoms with E-state index < -0.39 is 15.0 Å². The van der Waals surface area contributed by atoms with Gasteiger partial charge in [0.25, 0.3) is 0 Å². The summed E-state index contributed by atoms with van der Waals surface area (Å²) >= 11 is 5.58. The van der Waals surface area contributed by atoms with Crippen molar-refractivity contribution in [3.63, 3.8) is 0 Å². The molecule has 0 aliphatic carbocycles. The Morgan fingerprint density at radius 3 is 2.36 bits per heavy atom. The number of nitrogen functional groups attached to an aromatic ring is 1. The van der Waals surface area contributed by atoms with Crippen molar-refractivity contribution in [1.29, 1.82) is 0 Å². The minimum Gasteiger partial charge on any atom is -0.744 e. The van der Waals surface area contributed by atoms with E-state index in [0.717, 1.165) is 6.07 Å². The first-order valence-electron chi connectivity index (χ1n) is 3.34. The molecule has 0 saturated carbocycles. The molecule has 0 bridgehead atoms. The number of nitrogens with two attached hydrogens (primary N) is 1. The molecule has 0 saturated heterocycles. The number of halogens is 1. The van der Waals surface area contributed by atoms with Crippen LogP contribution in [0.15, 0.2) is 17.0 Å². The van der Waals surface area contributed by atoms with Gasteiger partial charge in [0.1, 0.15) is 10.1 Å². The van der Waals surface area contributed by atoms with E-state index in [1.807, 2.05) is 0 Å². The van der Waals surface area contributed by atoms with Gasteiger partial charge in [-0.15, -0.1) is 0 Å². The topological polar surface area (TPSA) is 120 Å². The van der Waals surface area contributed by atoms with Gasteiger partial charge in [-0.2, -0.15) is 0 Å². The van der Waals surface area contributed by atoms with Crippen molar-refractivity contribution in [3.8, 4) is 0 Å². The zero-order chi connectivity index (χ0) is 10.2. The summed E-state index contributed by atoms with van der Waals surface area (Å²) in [6, 6.07) is 2.59. The van der Waals surface area contributed by atoms with Crippen molar-refractivity contribution in [1.82, 2.24) is 6.15 Å². The summed E-state index contributed by atoms with van der Waals surface area (Å²) in [5.74, 6) is 0. The minimum atomic E-state index is -4.53. The lowest BCUT2D eigenvalue weighted by molar-refractivity contribution is 0.463. The van der Waals surface area contributed by atoms with E-state index in [-0.39, 0.29) is 16.9 Å². The zero-order valence-electron chi connectivity index (χ0n) is 7.74. The second-order valence-electron chi connectivity index (χ2n) is 2.56. The number of anilines is 1. The van der Waals surface area contributed by atoms with E-state index in [2.05, 4.69) is 0 Å². The molecule has 1 rings (SSSR count). The van der Waals surface area contributed by atoms with Crippen LogP contribution in [0, 0.1) is 6.92 Å². The van der Waals surface area contributed by atoms with Crippen molar-refractivity contribution < 1.29 is 13.0 Å². The molecule has 7 heteroatoms. The predicted molar refractivity (Wildman–Crippen MR) is 54.5 cm³/mol. The van der Waals surface area contributed by atoms with Crippen molar-refractivity contribution in [2.24, 2.45) is 0 Å². The van der Waals surface area contributed by atoms with E-state index in [9.17, 15) is 13.0 Å². The second-order valence-corrected chi connectivity index (χ2v) is 4.29. The first-order chi connectivity index (χ1) is 5.84. The van der Waals surface area contributed by atoms with Crippen molar-refractivity contribution in [2.45, 2.75) is 11.8 Å². The van der Waals surface area contributed by atoms with Crippen LogP contribution in [-0.2, 0) is 10.1 Å². The Hall–Kier alpha value is -0.820. The number of hydrogen-bond acceptors (Lipinski definition) is 4. The summed E-state index contributed by atoms with van der Waals surface area (Å²) in [5.41, 5.74) is 6.20. The molecule has 5 nitrogen and oxygen atoms in total. The highest BCUT2D eigenvalue weighted by Crippen LogP contribution is 2.29. The fourth-order valence-electron chi connectivity index (χ4n) is 0.863. The van der Waals surface area contributed by atoms with Gasteiger partial charge in [-0.1, -0.05) is 17.7 Å². The lowest BCUT2D eigenvalue weighted by Crippen LogP contribution is -2.02. The molecule has 0 spiro atoms. The summed E-state index contributed by atoms with van der Waals surface area (Å²) in [6.07, 6.45) is 0. The van der Waals surface area contributed by atoms with Crippen LogP contribution in [0.25, 0.3) is 0 Å². The molecule has 0 heterocycles. The molecule has 6 N–H and O–H groups in total. The molecule has 0 amide bonds.